The van der Waals surface area contributed by atoms with Crippen LogP contribution in [0.1, 0.15) is 18.1 Å². The van der Waals surface area contributed by atoms with Crippen LogP contribution >= 0.6 is 0 Å². The molecule has 0 atom stereocenters. The zero-order valence-corrected chi connectivity index (χ0v) is 11.3. The van der Waals surface area contributed by atoms with Gasteiger partial charge in [-0.3, -0.25) is 0 Å². The molecule has 0 bridgehead atoms. The molecular formula is C16H19NO2. The first-order valence-corrected chi connectivity index (χ1v) is 6.33. The Morgan fingerprint density at radius 3 is 2.79 bits per heavy atom. The van der Waals surface area contributed by atoms with Crippen molar-refractivity contribution in [3.63, 3.8) is 0 Å². The van der Waals surface area contributed by atoms with Gasteiger partial charge >= 0.3 is 0 Å². The van der Waals surface area contributed by atoms with Crippen LogP contribution in [0.25, 0.3) is 0 Å². The Bertz CT molecular complexity index is 508. The first-order chi connectivity index (χ1) is 9.13. The maximum Gasteiger partial charge on any atom is 0.135 e. The van der Waals surface area contributed by atoms with Crippen molar-refractivity contribution in [2.75, 3.05) is 6.54 Å². The van der Waals surface area contributed by atoms with Gasteiger partial charge in [0.2, 0.25) is 0 Å². The fourth-order valence-electron chi connectivity index (χ4n) is 1.82. The SMILES string of the molecule is C/C(O)=C/N1C=C(OCc2ccc(C)cc2)C=CC1. The Morgan fingerprint density at radius 2 is 2.11 bits per heavy atom. The van der Waals surface area contributed by atoms with Crippen LogP contribution in [0, 0.1) is 6.92 Å². The highest BCUT2D eigenvalue weighted by atomic mass is 16.5. The molecule has 0 saturated heterocycles. The molecule has 1 heterocycles. The van der Waals surface area contributed by atoms with Crippen molar-refractivity contribution in [1.29, 1.82) is 0 Å². The van der Waals surface area contributed by atoms with Crippen LogP contribution in [0.4, 0.5) is 0 Å². The second-order valence-electron chi connectivity index (χ2n) is 4.68. The molecule has 0 aliphatic carbocycles. The fourth-order valence-corrected chi connectivity index (χ4v) is 1.82. The van der Waals surface area contributed by atoms with Crippen LogP contribution in [0.2, 0.25) is 0 Å². The standard InChI is InChI=1S/C16H19NO2/c1-13-5-7-15(8-6-13)12-19-16-4-3-9-17(11-16)10-14(2)18/h3-8,10-11,18H,9,12H2,1-2H3/b14-10-. The smallest absolute Gasteiger partial charge is 0.135 e. The first kappa shape index (κ1) is 13.3. The Balaban J connectivity index is 1.95. The van der Waals surface area contributed by atoms with Crippen LogP contribution in [-0.4, -0.2) is 16.6 Å². The molecule has 0 unspecified atom stereocenters. The zero-order valence-electron chi connectivity index (χ0n) is 11.3. The van der Waals surface area contributed by atoms with Crippen molar-refractivity contribution in [2.45, 2.75) is 20.5 Å². The van der Waals surface area contributed by atoms with E-state index in [1.165, 1.54) is 5.56 Å². The molecule has 3 nitrogen and oxygen atoms in total. The van der Waals surface area contributed by atoms with Crippen LogP contribution in [0.5, 0.6) is 0 Å². The second kappa shape index (κ2) is 6.14. The molecule has 1 aromatic carbocycles. The molecule has 1 aromatic rings. The van der Waals surface area contributed by atoms with Gasteiger partial charge in [0.1, 0.15) is 18.1 Å². The summed E-state index contributed by atoms with van der Waals surface area (Å²) in [6.07, 6.45) is 7.52. The Morgan fingerprint density at radius 1 is 1.37 bits per heavy atom. The average Bonchev–Trinajstić information content (AvgIpc) is 2.38. The van der Waals surface area contributed by atoms with Crippen molar-refractivity contribution in [1.82, 2.24) is 4.90 Å². The number of aliphatic hydroxyl groups excluding tert-OH is 1. The summed E-state index contributed by atoms with van der Waals surface area (Å²) in [7, 11) is 0. The molecule has 0 saturated carbocycles. The number of allylic oxidation sites excluding steroid dienone is 2. The molecule has 0 fully saturated rings. The maximum absolute atomic E-state index is 9.25. The van der Waals surface area contributed by atoms with Crippen LogP contribution in [0.15, 0.2) is 60.3 Å². The molecular weight excluding hydrogens is 238 g/mol. The molecule has 100 valence electrons. The van der Waals surface area contributed by atoms with Gasteiger partial charge in [-0.1, -0.05) is 35.9 Å². The zero-order chi connectivity index (χ0) is 13.7. The summed E-state index contributed by atoms with van der Waals surface area (Å²) in [5.41, 5.74) is 2.39. The number of aryl methyl sites for hydroxylation is 1. The lowest BCUT2D eigenvalue weighted by Gasteiger charge is -2.19. The summed E-state index contributed by atoms with van der Waals surface area (Å²) in [5, 5.41) is 9.25. The molecule has 0 aromatic heterocycles. The lowest BCUT2D eigenvalue weighted by atomic mass is 10.2. The van der Waals surface area contributed by atoms with Crippen molar-refractivity contribution >= 4 is 0 Å². The lowest BCUT2D eigenvalue weighted by Crippen LogP contribution is -2.15. The van der Waals surface area contributed by atoms with Crippen molar-refractivity contribution in [3.05, 3.63) is 71.5 Å². The third kappa shape index (κ3) is 4.21. The predicted octanol–water partition coefficient (Wildman–Crippen LogP) is 3.64. The lowest BCUT2D eigenvalue weighted by molar-refractivity contribution is 0.203. The van der Waals surface area contributed by atoms with Crippen molar-refractivity contribution < 1.29 is 9.84 Å². The molecule has 0 spiro atoms. The van der Waals surface area contributed by atoms with Gasteiger partial charge < -0.3 is 14.7 Å². The van der Waals surface area contributed by atoms with Gasteiger partial charge in [-0.05, 0) is 25.5 Å². The number of benzene rings is 1. The minimum Gasteiger partial charge on any atom is -0.511 e. The number of ether oxygens (including phenoxy) is 1. The molecule has 19 heavy (non-hydrogen) atoms. The monoisotopic (exact) mass is 257 g/mol. The second-order valence-corrected chi connectivity index (χ2v) is 4.68. The highest BCUT2D eigenvalue weighted by Gasteiger charge is 2.04. The van der Waals surface area contributed by atoms with E-state index in [0.717, 1.165) is 17.9 Å². The van der Waals surface area contributed by atoms with E-state index >= 15 is 0 Å². The van der Waals surface area contributed by atoms with E-state index in [2.05, 4.69) is 31.2 Å². The van der Waals surface area contributed by atoms with E-state index in [4.69, 9.17) is 4.74 Å². The van der Waals surface area contributed by atoms with E-state index in [-0.39, 0.29) is 5.76 Å². The summed E-state index contributed by atoms with van der Waals surface area (Å²) in [6, 6.07) is 8.29. The van der Waals surface area contributed by atoms with E-state index in [0.29, 0.717) is 6.61 Å². The summed E-state index contributed by atoms with van der Waals surface area (Å²) in [5.74, 6) is 1.08. The molecule has 2 rings (SSSR count). The molecule has 1 aliphatic rings. The van der Waals surface area contributed by atoms with E-state index < -0.39 is 0 Å². The highest BCUT2D eigenvalue weighted by Crippen LogP contribution is 2.13. The first-order valence-electron chi connectivity index (χ1n) is 6.33. The van der Waals surface area contributed by atoms with Gasteiger partial charge in [-0.25, -0.2) is 0 Å². The van der Waals surface area contributed by atoms with E-state index in [9.17, 15) is 5.11 Å². The van der Waals surface area contributed by atoms with Crippen molar-refractivity contribution in [3.8, 4) is 0 Å². The average molecular weight is 257 g/mol. The van der Waals surface area contributed by atoms with Crippen LogP contribution in [0.3, 0.4) is 0 Å². The number of nitrogens with zero attached hydrogens (tertiary/aromatic N) is 1. The maximum atomic E-state index is 9.25. The molecule has 1 aliphatic heterocycles. The van der Waals surface area contributed by atoms with Crippen LogP contribution < -0.4 is 0 Å². The summed E-state index contributed by atoms with van der Waals surface area (Å²) in [6.45, 7) is 5.01. The fraction of sp³-hybridized carbons (Fsp3) is 0.250. The minimum atomic E-state index is 0.282. The van der Waals surface area contributed by atoms with Gasteiger partial charge in [0.15, 0.2) is 0 Å². The third-order valence-electron chi connectivity index (χ3n) is 2.77. The normalized spacial score (nSPS) is 15.4. The number of rotatable bonds is 4. The van der Waals surface area contributed by atoms with Gasteiger partial charge in [-0.2, -0.15) is 0 Å². The number of hydrogen-bond acceptors (Lipinski definition) is 3. The number of aliphatic hydroxyl groups is 1. The van der Waals surface area contributed by atoms with Gasteiger partial charge in [0, 0.05) is 18.9 Å². The van der Waals surface area contributed by atoms with Gasteiger partial charge in [-0.15, -0.1) is 0 Å². The molecule has 0 amide bonds. The summed E-state index contributed by atoms with van der Waals surface area (Å²) in [4.78, 5) is 1.89. The quantitative estimate of drug-likeness (QED) is 0.836. The Labute approximate surface area is 114 Å². The van der Waals surface area contributed by atoms with E-state index in [1.807, 2.05) is 23.3 Å². The summed E-state index contributed by atoms with van der Waals surface area (Å²) >= 11 is 0. The van der Waals surface area contributed by atoms with Crippen LogP contribution in [-0.2, 0) is 11.3 Å². The van der Waals surface area contributed by atoms with E-state index in [1.54, 1.807) is 13.1 Å². The third-order valence-corrected chi connectivity index (χ3v) is 2.77. The molecule has 0 radical (unpaired) electrons. The Hall–Kier alpha value is -2.16. The topological polar surface area (TPSA) is 32.7 Å². The molecule has 1 N–H and O–H groups in total. The van der Waals surface area contributed by atoms with Gasteiger partial charge in [0.05, 0.1) is 0 Å². The van der Waals surface area contributed by atoms with Crippen molar-refractivity contribution in [2.24, 2.45) is 0 Å². The van der Waals surface area contributed by atoms with Gasteiger partial charge in [0.25, 0.3) is 0 Å². The Kier molecular flexibility index (Phi) is 4.29. The highest BCUT2D eigenvalue weighted by molar-refractivity contribution is 5.22. The summed E-state index contributed by atoms with van der Waals surface area (Å²) < 4.78 is 5.74. The molecule has 3 heteroatoms. The number of hydrogen-bond donors (Lipinski definition) is 1. The minimum absolute atomic E-state index is 0.282. The predicted molar refractivity (Wildman–Crippen MR) is 76.3 cm³/mol. The largest absolute Gasteiger partial charge is 0.511 e.